The molecule has 1 aliphatic heterocycles. The Morgan fingerprint density at radius 3 is 2.30 bits per heavy atom. The number of benzene rings is 2. The standard InChI is InChI=1S/C18H21NO6S2/c1-18(2)12-13-7-5-10-16(17(13)24-18)25-27(22,23)15-9-6-8-14(11-15)26(20,21)19(3)4/h5-11H,12H2,1-4H3. The maximum absolute atomic E-state index is 12.7. The summed E-state index contributed by atoms with van der Waals surface area (Å²) >= 11 is 0. The minimum Gasteiger partial charge on any atom is -0.483 e. The predicted molar refractivity (Wildman–Crippen MR) is 100.0 cm³/mol. The minimum absolute atomic E-state index is 0.0824. The second-order valence-electron chi connectivity index (χ2n) is 7.08. The Bertz CT molecular complexity index is 1090. The Hall–Kier alpha value is -2.10. The predicted octanol–water partition coefficient (Wildman–Crippen LogP) is 2.42. The van der Waals surface area contributed by atoms with Crippen LogP contribution < -0.4 is 8.92 Å². The molecule has 0 N–H and O–H groups in total. The molecule has 3 rings (SSSR count). The molecule has 0 fully saturated rings. The van der Waals surface area contributed by atoms with Gasteiger partial charge in [0.15, 0.2) is 11.5 Å². The topological polar surface area (TPSA) is 90.0 Å². The van der Waals surface area contributed by atoms with Crippen molar-refractivity contribution in [2.75, 3.05) is 14.1 Å². The van der Waals surface area contributed by atoms with Crippen LogP contribution >= 0.6 is 0 Å². The highest BCUT2D eigenvalue weighted by Crippen LogP contribution is 2.42. The first-order valence-electron chi connectivity index (χ1n) is 8.20. The van der Waals surface area contributed by atoms with Crippen LogP contribution in [0.1, 0.15) is 19.4 Å². The lowest BCUT2D eigenvalue weighted by Gasteiger charge is -2.18. The maximum atomic E-state index is 12.7. The van der Waals surface area contributed by atoms with Crippen molar-refractivity contribution >= 4 is 20.1 Å². The fourth-order valence-corrected chi connectivity index (χ4v) is 4.82. The van der Waals surface area contributed by atoms with Gasteiger partial charge in [-0.15, -0.1) is 0 Å². The molecule has 0 unspecified atom stereocenters. The lowest BCUT2D eigenvalue weighted by molar-refractivity contribution is 0.136. The first-order chi connectivity index (χ1) is 12.4. The fourth-order valence-electron chi connectivity index (χ4n) is 2.82. The summed E-state index contributed by atoms with van der Waals surface area (Å²) in [6.45, 7) is 3.81. The van der Waals surface area contributed by atoms with Crippen molar-refractivity contribution in [3.05, 3.63) is 48.0 Å². The van der Waals surface area contributed by atoms with Gasteiger partial charge in [0, 0.05) is 26.1 Å². The molecule has 2 aromatic rings. The van der Waals surface area contributed by atoms with Crippen molar-refractivity contribution in [3.63, 3.8) is 0 Å². The number of nitrogens with zero attached hydrogens (tertiary/aromatic N) is 1. The summed E-state index contributed by atoms with van der Waals surface area (Å²) in [4.78, 5) is -0.381. The summed E-state index contributed by atoms with van der Waals surface area (Å²) in [7, 11) is -5.26. The summed E-state index contributed by atoms with van der Waals surface area (Å²) in [6, 6.07) is 10.1. The van der Waals surface area contributed by atoms with E-state index in [1.54, 1.807) is 6.07 Å². The lowest BCUT2D eigenvalue weighted by Crippen LogP contribution is -2.25. The van der Waals surface area contributed by atoms with Gasteiger partial charge < -0.3 is 8.92 Å². The first-order valence-corrected chi connectivity index (χ1v) is 11.1. The van der Waals surface area contributed by atoms with E-state index in [0.717, 1.165) is 15.9 Å². The zero-order valence-corrected chi connectivity index (χ0v) is 17.1. The molecule has 1 heterocycles. The van der Waals surface area contributed by atoms with E-state index >= 15 is 0 Å². The monoisotopic (exact) mass is 411 g/mol. The third-order valence-corrected chi connectivity index (χ3v) is 7.17. The molecule has 0 atom stereocenters. The second kappa shape index (κ2) is 6.50. The number of rotatable bonds is 5. The van der Waals surface area contributed by atoms with Crippen LogP contribution in [0.2, 0.25) is 0 Å². The highest BCUT2D eigenvalue weighted by Gasteiger charge is 2.33. The van der Waals surface area contributed by atoms with Gasteiger partial charge in [-0.25, -0.2) is 12.7 Å². The van der Waals surface area contributed by atoms with Crippen LogP contribution in [0.25, 0.3) is 0 Å². The highest BCUT2D eigenvalue weighted by atomic mass is 32.2. The second-order valence-corrected chi connectivity index (χ2v) is 10.8. The number of fused-ring (bicyclic) bond motifs is 1. The van der Waals surface area contributed by atoms with E-state index in [4.69, 9.17) is 8.92 Å². The zero-order chi connectivity index (χ0) is 20.0. The Kier molecular flexibility index (Phi) is 4.73. The molecule has 7 nitrogen and oxygen atoms in total. The van der Waals surface area contributed by atoms with Crippen molar-refractivity contribution < 1.29 is 25.8 Å². The average Bonchev–Trinajstić information content (AvgIpc) is 2.89. The molecule has 0 aromatic heterocycles. The van der Waals surface area contributed by atoms with Gasteiger partial charge in [-0.1, -0.05) is 18.2 Å². The maximum Gasteiger partial charge on any atom is 0.339 e. The molecule has 0 aliphatic carbocycles. The molecule has 0 amide bonds. The largest absolute Gasteiger partial charge is 0.483 e. The molecule has 1 aliphatic rings. The molecule has 2 aromatic carbocycles. The Morgan fingerprint density at radius 1 is 1.00 bits per heavy atom. The molecule has 9 heteroatoms. The Balaban J connectivity index is 1.98. The Labute approximate surface area is 159 Å². The van der Waals surface area contributed by atoms with Crippen LogP contribution in [0.5, 0.6) is 11.5 Å². The molecular formula is C18H21NO6S2. The van der Waals surface area contributed by atoms with Crippen LogP contribution in [-0.4, -0.2) is 40.8 Å². The van der Waals surface area contributed by atoms with E-state index in [9.17, 15) is 16.8 Å². The van der Waals surface area contributed by atoms with Gasteiger partial charge in [-0.05, 0) is 38.1 Å². The summed E-state index contributed by atoms with van der Waals surface area (Å²) in [5.74, 6) is 0.474. The highest BCUT2D eigenvalue weighted by molar-refractivity contribution is 7.89. The molecule has 0 radical (unpaired) electrons. The van der Waals surface area contributed by atoms with Gasteiger partial charge in [0.1, 0.15) is 10.5 Å². The van der Waals surface area contributed by atoms with E-state index in [0.29, 0.717) is 12.2 Å². The summed E-state index contributed by atoms with van der Waals surface area (Å²) in [5.41, 5.74) is 0.405. The van der Waals surface area contributed by atoms with Crippen molar-refractivity contribution in [2.45, 2.75) is 35.7 Å². The van der Waals surface area contributed by atoms with Crippen molar-refractivity contribution in [3.8, 4) is 11.5 Å². The number of para-hydroxylation sites is 1. The van der Waals surface area contributed by atoms with Gasteiger partial charge in [-0.2, -0.15) is 8.42 Å². The molecule has 0 saturated carbocycles. The van der Waals surface area contributed by atoms with Crippen molar-refractivity contribution in [1.29, 1.82) is 0 Å². The lowest BCUT2D eigenvalue weighted by atomic mass is 10.0. The van der Waals surface area contributed by atoms with Gasteiger partial charge in [0.2, 0.25) is 10.0 Å². The number of sulfonamides is 1. The third-order valence-electron chi connectivity index (χ3n) is 4.13. The summed E-state index contributed by atoms with van der Waals surface area (Å²) in [5, 5.41) is 0. The molecule has 0 saturated heterocycles. The first kappa shape index (κ1) is 19.7. The summed E-state index contributed by atoms with van der Waals surface area (Å²) < 4.78 is 62.1. The minimum atomic E-state index is -4.24. The molecule has 27 heavy (non-hydrogen) atoms. The van der Waals surface area contributed by atoms with E-state index in [1.165, 1.54) is 38.4 Å². The van der Waals surface area contributed by atoms with E-state index in [-0.39, 0.29) is 15.5 Å². The van der Waals surface area contributed by atoms with Crippen LogP contribution in [-0.2, 0) is 26.6 Å². The van der Waals surface area contributed by atoms with Crippen molar-refractivity contribution in [2.24, 2.45) is 0 Å². The number of hydrogen-bond acceptors (Lipinski definition) is 6. The third kappa shape index (κ3) is 3.80. The van der Waals surface area contributed by atoms with Gasteiger partial charge in [0.05, 0.1) is 4.90 Å². The normalized spacial score (nSPS) is 16.0. The zero-order valence-electron chi connectivity index (χ0n) is 15.5. The smallest absolute Gasteiger partial charge is 0.339 e. The van der Waals surface area contributed by atoms with Crippen LogP contribution in [0.15, 0.2) is 52.3 Å². The molecule has 0 spiro atoms. The quantitative estimate of drug-likeness (QED) is 0.702. The average molecular weight is 412 g/mol. The Morgan fingerprint density at radius 2 is 1.63 bits per heavy atom. The SMILES string of the molecule is CN(C)S(=O)(=O)c1cccc(S(=O)(=O)Oc2cccc3c2OC(C)(C)C3)c1. The fraction of sp³-hybridized carbons (Fsp3) is 0.333. The van der Waals surface area contributed by atoms with Gasteiger partial charge >= 0.3 is 10.1 Å². The van der Waals surface area contributed by atoms with E-state index in [2.05, 4.69) is 0 Å². The molecule has 146 valence electrons. The molecule has 0 bridgehead atoms. The van der Waals surface area contributed by atoms with Crippen LogP contribution in [0, 0.1) is 0 Å². The number of ether oxygens (including phenoxy) is 1. The van der Waals surface area contributed by atoms with Gasteiger partial charge in [0.25, 0.3) is 0 Å². The van der Waals surface area contributed by atoms with Crippen LogP contribution in [0.3, 0.4) is 0 Å². The number of hydrogen-bond donors (Lipinski definition) is 0. The van der Waals surface area contributed by atoms with E-state index < -0.39 is 25.7 Å². The van der Waals surface area contributed by atoms with Crippen molar-refractivity contribution in [1.82, 2.24) is 4.31 Å². The van der Waals surface area contributed by atoms with Crippen LogP contribution in [0.4, 0.5) is 0 Å². The van der Waals surface area contributed by atoms with Gasteiger partial charge in [-0.3, -0.25) is 0 Å². The molecular weight excluding hydrogens is 390 g/mol. The van der Waals surface area contributed by atoms with E-state index in [1.807, 2.05) is 19.9 Å². The summed E-state index contributed by atoms with van der Waals surface area (Å²) in [6.07, 6.45) is 0.635.